The van der Waals surface area contributed by atoms with Crippen molar-refractivity contribution in [2.24, 2.45) is 0 Å². The van der Waals surface area contributed by atoms with E-state index in [1.165, 1.54) is 0 Å². The highest BCUT2D eigenvalue weighted by Crippen LogP contribution is 2.20. The molecule has 1 atom stereocenters. The highest BCUT2D eigenvalue weighted by Gasteiger charge is 2.45. The van der Waals surface area contributed by atoms with Gasteiger partial charge in [0.2, 0.25) is 10.0 Å². The van der Waals surface area contributed by atoms with E-state index in [1.807, 2.05) is 0 Å². The van der Waals surface area contributed by atoms with E-state index in [1.54, 1.807) is 13.8 Å². The van der Waals surface area contributed by atoms with Crippen LogP contribution in [0.5, 0.6) is 0 Å². The molecule has 2 N–H and O–H groups in total. The first-order valence-corrected chi connectivity index (χ1v) is 7.37. The third-order valence-electron chi connectivity index (χ3n) is 2.59. The normalized spacial score (nSPS) is 24.6. The van der Waals surface area contributed by atoms with Crippen LogP contribution >= 0.6 is 0 Å². The zero-order valence-electron chi connectivity index (χ0n) is 10.5. The van der Waals surface area contributed by atoms with Gasteiger partial charge in [-0.25, -0.2) is 8.42 Å². The largest absolute Gasteiger partial charge is 0.480 e. The van der Waals surface area contributed by atoms with Gasteiger partial charge < -0.3 is 14.6 Å². The number of hydrogen-bond donors (Lipinski definition) is 2. The summed E-state index contributed by atoms with van der Waals surface area (Å²) in [6, 6.07) is 0. The summed E-state index contributed by atoms with van der Waals surface area (Å²) in [5.41, 5.74) is -1.53. The molecule has 0 aromatic heterocycles. The maximum absolute atomic E-state index is 11.8. The van der Waals surface area contributed by atoms with Crippen LogP contribution in [0.3, 0.4) is 0 Å². The molecule has 1 saturated heterocycles. The van der Waals surface area contributed by atoms with Crippen molar-refractivity contribution < 1.29 is 27.8 Å². The fourth-order valence-electron chi connectivity index (χ4n) is 1.60. The lowest BCUT2D eigenvalue weighted by atomic mass is 10.0. The number of carbonyl (C=O) groups is 1. The summed E-state index contributed by atoms with van der Waals surface area (Å²) in [6.07, 6.45) is 0.0653. The first-order valence-electron chi connectivity index (χ1n) is 5.72. The van der Waals surface area contributed by atoms with Crippen molar-refractivity contribution in [3.63, 3.8) is 0 Å². The summed E-state index contributed by atoms with van der Waals surface area (Å²) in [5, 5.41) is 9.10. The van der Waals surface area contributed by atoms with Crippen LogP contribution in [-0.2, 0) is 24.3 Å². The van der Waals surface area contributed by atoms with E-state index in [2.05, 4.69) is 4.72 Å². The zero-order valence-corrected chi connectivity index (χ0v) is 11.3. The first-order chi connectivity index (χ1) is 8.27. The summed E-state index contributed by atoms with van der Waals surface area (Å²) in [5.74, 6) is -1.48. The van der Waals surface area contributed by atoms with E-state index < -0.39 is 21.5 Å². The van der Waals surface area contributed by atoms with Gasteiger partial charge in [0.1, 0.15) is 0 Å². The van der Waals surface area contributed by atoms with Crippen molar-refractivity contribution in [2.75, 3.05) is 25.6 Å². The number of carboxylic acids is 1. The molecule has 106 valence electrons. The monoisotopic (exact) mass is 281 g/mol. The second-order valence-electron chi connectivity index (χ2n) is 4.53. The van der Waals surface area contributed by atoms with E-state index >= 15 is 0 Å². The molecule has 1 aliphatic heterocycles. The average molecular weight is 281 g/mol. The van der Waals surface area contributed by atoms with Crippen LogP contribution in [-0.4, -0.2) is 56.7 Å². The van der Waals surface area contributed by atoms with Gasteiger partial charge in [0.25, 0.3) is 0 Å². The fourth-order valence-corrected chi connectivity index (χ4v) is 2.86. The van der Waals surface area contributed by atoms with E-state index in [0.29, 0.717) is 0 Å². The molecule has 0 bridgehead atoms. The predicted octanol–water partition coefficient (Wildman–Crippen LogP) is -0.425. The average Bonchev–Trinajstić information content (AvgIpc) is 2.65. The van der Waals surface area contributed by atoms with Crippen LogP contribution < -0.4 is 4.72 Å². The Bertz CT molecular complexity index is 385. The van der Waals surface area contributed by atoms with E-state index in [0.717, 1.165) is 0 Å². The van der Waals surface area contributed by atoms with Gasteiger partial charge in [0.15, 0.2) is 5.54 Å². The maximum atomic E-state index is 11.8. The van der Waals surface area contributed by atoms with Crippen molar-refractivity contribution in [1.82, 2.24) is 4.72 Å². The molecule has 0 saturated carbocycles. The Morgan fingerprint density at radius 3 is 2.67 bits per heavy atom. The fraction of sp³-hybridized carbons (Fsp3) is 0.900. The van der Waals surface area contributed by atoms with Gasteiger partial charge in [-0.3, -0.25) is 4.79 Å². The number of rotatable bonds is 7. The van der Waals surface area contributed by atoms with E-state index in [9.17, 15) is 13.2 Å². The van der Waals surface area contributed by atoms with Crippen molar-refractivity contribution in [3.8, 4) is 0 Å². The molecule has 1 rings (SSSR count). The van der Waals surface area contributed by atoms with Gasteiger partial charge in [-0.2, -0.15) is 4.72 Å². The maximum Gasteiger partial charge on any atom is 0.327 e. The lowest BCUT2D eigenvalue weighted by molar-refractivity contribution is -0.144. The van der Waals surface area contributed by atoms with Gasteiger partial charge in [0, 0.05) is 13.0 Å². The van der Waals surface area contributed by atoms with Gasteiger partial charge in [-0.15, -0.1) is 0 Å². The van der Waals surface area contributed by atoms with Crippen LogP contribution in [0.1, 0.15) is 20.3 Å². The third kappa shape index (κ3) is 4.20. The molecule has 18 heavy (non-hydrogen) atoms. The second kappa shape index (κ2) is 5.96. The van der Waals surface area contributed by atoms with Crippen molar-refractivity contribution in [2.45, 2.75) is 31.9 Å². The zero-order chi connectivity index (χ0) is 13.8. The molecule has 1 unspecified atom stereocenters. The smallest absolute Gasteiger partial charge is 0.327 e. The first kappa shape index (κ1) is 15.4. The topological polar surface area (TPSA) is 102 Å². The van der Waals surface area contributed by atoms with Crippen molar-refractivity contribution >= 4 is 16.0 Å². The number of hydrogen-bond acceptors (Lipinski definition) is 5. The summed E-state index contributed by atoms with van der Waals surface area (Å²) in [7, 11) is -3.70. The van der Waals surface area contributed by atoms with Gasteiger partial charge in [-0.05, 0) is 13.8 Å². The highest BCUT2D eigenvalue weighted by atomic mass is 32.2. The minimum Gasteiger partial charge on any atom is -0.480 e. The highest BCUT2D eigenvalue weighted by molar-refractivity contribution is 7.89. The Labute approximate surface area is 107 Å². The molecule has 0 radical (unpaired) electrons. The van der Waals surface area contributed by atoms with Gasteiger partial charge >= 0.3 is 5.97 Å². The van der Waals surface area contributed by atoms with Crippen LogP contribution in [0.15, 0.2) is 0 Å². The molecule has 0 amide bonds. The van der Waals surface area contributed by atoms with Crippen LogP contribution in [0.25, 0.3) is 0 Å². The number of nitrogens with one attached hydrogen (secondary N) is 1. The molecular weight excluding hydrogens is 262 g/mol. The van der Waals surface area contributed by atoms with E-state index in [-0.39, 0.29) is 38.1 Å². The molecule has 0 spiro atoms. The Hall–Kier alpha value is -0.700. The molecular formula is C10H19NO6S. The lowest BCUT2D eigenvalue weighted by Gasteiger charge is -2.23. The Morgan fingerprint density at radius 1 is 1.56 bits per heavy atom. The number of ether oxygens (including phenoxy) is 2. The Morgan fingerprint density at radius 2 is 2.22 bits per heavy atom. The second-order valence-corrected chi connectivity index (χ2v) is 6.37. The minimum absolute atomic E-state index is 0.0313. The molecule has 1 aliphatic rings. The van der Waals surface area contributed by atoms with Gasteiger partial charge in [0.05, 0.1) is 25.1 Å². The van der Waals surface area contributed by atoms with E-state index in [4.69, 9.17) is 14.6 Å². The molecule has 0 aliphatic carbocycles. The lowest BCUT2D eigenvalue weighted by Crippen LogP contribution is -2.55. The summed E-state index contributed by atoms with van der Waals surface area (Å²) >= 11 is 0. The van der Waals surface area contributed by atoms with Crippen LogP contribution in [0.2, 0.25) is 0 Å². The molecule has 7 nitrogen and oxygen atoms in total. The van der Waals surface area contributed by atoms with Crippen molar-refractivity contribution in [3.05, 3.63) is 0 Å². The third-order valence-corrected chi connectivity index (χ3v) is 3.99. The van der Waals surface area contributed by atoms with Crippen molar-refractivity contribution in [1.29, 1.82) is 0 Å². The molecule has 1 heterocycles. The standard InChI is InChI=1S/C10H19NO6S/c1-8(2)17-5-6-18(14,15)11-10(9(12)13)3-4-16-7-10/h8,11H,3-7H2,1-2H3,(H,12,13). The quantitative estimate of drug-likeness (QED) is 0.657. The molecule has 1 fully saturated rings. The SMILES string of the molecule is CC(C)OCCS(=O)(=O)NC1(C(=O)O)CCOC1. The predicted molar refractivity (Wildman–Crippen MR) is 63.8 cm³/mol. The Kier molecular flexibility index (Phi) is 5.09. The summed E-state index contributed by atoms with van der Waals surface area (Å²) < 4.78 is 35.9. The minimum atomic E-state index is -3.70. The molecule has 0 aromatic carbocycles. The molecule has 0 aromatic rings. The number of carboxylic acid groups (broad SMARTS) is 1. The summed E-state index contributed by atoms with van der Waals surface area (Å²) in [6.45, 7) is 3.71. The van der Waals surface area contributed by atoms with Gasteiger partial charge in [-0.1, -0.05) is 0 Å². The molecule has 8 heteroatoms. The number of sulfonamides is 1. The van der Waals surface area contributed by atoms with Crippen LogP contribution in [0.4, 0.5) is 0 Å². The summed E-state index contributed by atoms with van der Waals surface area (Å²) in [4.78, 5) is 11.1. The van der Waals surface area contributed by atoms with Crippen LogP contribution in [0, 0.1) is 0 Å². The number of aliphatic carboxylic acids is 1. The Balaban J connectivity index is 2.60.